The Bertz CT molecular complexity index is 660. The minimum absolute atomic E-state index is 0.135. The van der Waals surface area contributed by atoms with Crippen molar-refractivity contribution in [1.82, 2.24) is 0 Å². The lowest BCUT2D eigenvalue weighted by molar-refractivity contribution is 0.659. The summed E-state index contributed by atoms with van der Waals surface area (Å²) in [6.45, 7) is 11.4. The van der Waals surface area contributed by atoms with Gasteiger partial charge in [0.05, 0.1) is 0 Å². The summed E-state index contributed by atoms with van der Waals surface area (Å²) in [6, 6.07) is 11.7. The number of fused-ring (bicyclic) bond motifs is 3. The van der Waals surface area contributed by atoms with Gasteiger partial charge in [0, 0.05) is 5.41 Å². The van der Waals surface area contributed by atoms with Gasteiger partial charge in [-0.25, -0.2) is 0 Å². The van der Waals surface area contributed by atoms with E-state index in [1.165, 1.54) is 38.9 Å². The summed E-state index contributed by atoms with van der Waals surface area (Å²) in [4.78, 5) is 0. The monoisotopic (exact) mass is 250 g/mol. The van der Waals surface area contributed by atoms with Crippen molar-refractivity contribution in [2.75, 3.05) is 0 Å². The van der Waals surface area contributed by atoms with Crippen molar-refractivity contribution in [2.45, 2.75) is 46.5 Å². The largest absolute Gasteiger partial charge is 0.0613 e. The highest BCUT2D eigenvalue weighted by atomic mass is 14.4. The fourth-order valence-electron chi connectivity index (χ4n) is 3.44. The molecule has 0 saturated carbocycles. The van der Waals surface area contributed by atoms with Crippen molar-refractivity contribution < 1.29 is 0 Å². The smallest absolute Gasteiger partial charge is 0.0158 e. The van der Waals surface area contributed by atoms with Gasteiger partial charge in [-0.2, -0.15) is 0 Å². The molecule has 2 aromatic carbocycles. The second-order valence-corrected chi connectivity index (χ2v) is 6.35. The average Bonchev–Trinajstić information content (AvgIpc) is 2.57. The van der Waals surface area contributed by atoms with E-state index in [0.717, 1.165) is 6.42 Å². The molecule has 0 saturated heterocycles. The molecule has 0 unspecified atom stereocenters. The maximum absolute atomic E-state index is 2.43. The maximum Gasteiger partial charge on any atom is 0.0158 e. The molecule has 0 radical (unpaired) electrons. The van der Waals surface area contributed by atoms with Crippen molar-refractivity contribution in [1.29, 1.82) is 0 Å². The highest BCUT2D eigenvalue weighted by molar-refractivity contribution is 5.82. The predicted octanol–water partition coefficient (Wildman–Crippen LogP) is 5.17. The lowest BCUT2D eigenvalue weighted by Crippen LogP contribution is -2.15. The van der Waals surface area contributed by atoms with Crippen LogP contribution in [0, 0.1) is 13.8 Å². The van der Waals surface area contributed by atoms with E-state index in [1.54, 1.807) is 0 Å². The quantitative estimate of drug-likeness (QED) is 0.655. The Morgan fingerprint density at radius 1 is 0.895 bits per heavy atom. The third-order valence-corrected chi connectivity index (χ3v) is 4.67. The summed E-state index contributed by atoms with van der Waals surface area (Å²) >= 11 is 0. The van der Waals surface area contributed by atoms with Crippen LogP contribution in [-0.4, -0.2) is 0 Å². The molecule has 0 fully saturated rings. The van der Waals surface area contributed by atoms with Gasteiger partial charge in [-0.05, 0) is 53.6 Å². The van der Waals surface area contributed by atoms with E-state index in [4.69, 9.17) is 0 Å². The van der Waals surface area contributed by atoms with Gasteiger partial charge in [-0.3, -0.25) is 0 Å². The van der Waals surface area contributed by atoms with Crippen LogP contribution in [0.3, 0.4) is 0 Å². The van der Waals surface area contributed by atoms with Crippen molar-refractivity contribution in [3.63, 3.8) is 0 Å². The lowest BCUT2D eigenvalue weighted by Gasteiger charge is -2.22. The molecule has 0 N–H and O–H groups in total. The number of benzene rings is 2. The van der Waals surface area contributed by atoms with Gasteiger partial charge >= 0.3 is 0 Å². The topological polar surface area (TPSA) is 0 Å². The van der Waals surface area contributed by atoms with Crippen LogP contribution in [0.4, 0.5) is 0 Å². The molecule has 19 heavy (non-hydrogen) atoms. The zero-order valence-corrected chi connectivity index (χ0v) is 12.6. The van der Waals surface area contributed by atoms with E-state index >= 15 is 0 Å². The number of hydrogen-bond acceptors (Lipinski definition) is 0. The second kappa shape index (κ2) is 3.96. The minimum atomic E-state index is 0.135. The van der Waals surface area contributed by atoms with Crippen LogP contribution in [-0.2, 0) is 11.8 Å². The Morgan fingerprint density at radius 2 is 1.58 bits per heavy atom. The Kier molecular flexibility index (Phi) is 2.60. The zero-order valence-electron chi connectivity index (χ0n) is 12.6. The molecule has 0 heteroatoms. The Hall–Kier alpha value is -1.56. The van der Waals surface area contributed by atoms with Crippen molar-refractivity contribution in [3.05, 3.63) is 58.1 Å². The van der Waals surface area contributed by atoms with Crippen molar-refractivity contribution >= 4 is 0 Å². The summed E-state index contributed by atoms with van der Waals surface area (Å²) in [6.07, 6.45) is 1.12. The van der Waals surface area contributed by atoms with Crippen molar-refractivity contribution in [2.24, 2.45) is 0 Å². The van der Waals surface area contributed by atoms with Gasteiger partial charge in [0.1, 0.15) is 0 Å². The molecule has 0 bridgehead atoms. The van der Waals surface area contributed by atoms with Crippen LogP contribution in [0.1, 0.15) is 48.6 Å². The molecular weight excluding hydrogens is 228 g/mol. The fourth-order valence-corrected chi connectivity index (χ4v) is 3.44. The van der Waals surface area contributed by atoms with Crippen LogP contribution in [0.2, 0.25) is 0 Å². The third kappa shape index (κ3) is 1.66. The zero-order chi connectivity index (χ0) is 13.8. The highest BCUT2D eigenvalue weighted by Crippen LogP contribution is 2.49. The maximum atomic E-state index is 2.43. The van der Waals surface area contributed by atoms with Crippen LogP contribution in [0.25, 0.3) is 11.1 Å². The number of aryl methyl sites for hydroxylation is 3. The predicted molar refractivity (Wildman–Crippen MR) is 82.9 cm³/mol. The van der Waals surface area contributed by atoms with Crippen LogP contribution in [0.5, 0.6) is 0 Å². The minimum Gasteiger partial charge on any atom is -0.0613 e. The first kappa shape index (κ1) is 12.5. The number of rotatable bonds is 1. The van der Waals surface area contributed by atoms with Crippen LogP contribution < -0.4 is 0 Å². The molecule has 0 heterocycles. The summed E-state index contributed by atoms with van der Waals surface area (Å²) in [5.41, 5.74) is 10.2. The van der Waals surface area contributed by atoms with Gasteiger partial charge in [0.25, 0.3) is 0 Å². The first-order valence-corrected chi connectivity index (χ1v) is 7.20. The molecule has 2 aromatic rings. The van der Waals surface area contributed by atoms with E-state index in [0.29, 0.717) is 0 Å². The molecule has 98 valence electrons. The molecule has 3 rings (SSSR count). The summed E-state index contributed by atoms with van der Waals surface area (Å²) in [5, 5.41) is 0. The Labute approximate surface area is 116 Å². The fraction of sp³-hybridized carbons (Fsp3) is 0.368. The van der Waals surface area contributed by atoms with Crippen molar-refractivity contribution in [3.8, 4) is 11.1 Å². The first-order valence-electron chi connectivity index (χ1n) is 7.20. The first-order chi connectivity index (χ1) is 8.95. The third-order valence-electron chi connectivity index (χ3n) is 4.67. The molecule has 0 aromatic heterocycles. The van der Waals surface area contributed by atoms with Crippen LogP contribution in [0.15, 0.2) is 30.3 Å². The molecule has 0 spiro atoms. The summed E-state index contributed by atoms with van der Waals surface area (Å²) < 4.78 is 0. The van der Waals surface area contributed by atoms with E-state index in [2.05, 4.69) is 65.0 Å². The molecular formula is C19H22. The second-order valence-electron chi connectivity index (χ2n) is 6.35. The van der Waals surface area contributed by atoms with E-state index in [1.807, 2.05) is 0 Å². The summed E-state index contributed by atoms with van der Waals surface area (Å²) in [5.74, 6) is 0. The van der Waals surface area contributed by atoms with E-state index < -0.39 is 0 Å². The van der Waals surface area contributed by atoms with Gasteiger partial charge in [-0.1, -0.05) is 56.7 Å². The SMILES string of the molecule is CCc1cc2c(cc1C)-c1cc(C)ccc1C2(C)C. The van der Waals surface area contributed by atoms with Gasteiger partial charge in [-0.15, -0.1) is 0 Å². The molecule has 1 aliphatic carbocycles. The molecule has 0 atom stereocenters. The molecule has 1 aliphatic rings. The Morgan fingerprint density at radius 3 is 2.26 bits per heavy atom. The lowest BCUT2D eigenvalue weighted by atomic mass is 9.81. The van der Waals surface area contributed by atoms with E-state index in [-0.39, 0.29) is 5.41 Å². The standard InChI is InChI=1S/C19H22/c1-6-14-11-18-16(10-13(14)3)15-9-12(2)7-8-17(15)19(18,4)5/h7-11H,6H2,1-5H3. The summed E-state index contributed by atoms with van der Waals surface area (Å²) in [7, 11) is 0. The van der Waals surface area contributed by atoms with Gasteiger partial charge in [0.2, 0.25) is 0 Å². The molecule has 0 amide bonds. The molecule has 0 aliphatic heterocycles. The van der Waals surface area contributed by atoms with Gasteiger partial charge < -0.3 is 0 Å². The molecule has 0 nitrogen and oxygen atoms in total. The van der Waals surface area contributed by atoms with Gasteiger partial charge in [0.15, 0.2) is 0 Å². The van der Waals surface area contributed by atoms with Crippen LogP contribution >= 0.6 is 0 Å². The average molecular weight is 250 g/mol. The highest BCUT2D eigenvalue weighted by Gasteiger charge is 2.35. The Balaban J connectivity index is 2.35. The number of hydrogen-bond donors (Lipinski definition) is 0. The van der Waals surface area contributed by atoms with E-state index in [9.17, 15) is 0 Å². The normalized spacial score (nSPS) is 15.2.